The lowest BCUT2D eigenvalue weighted by Gasteiger charge is -2.10. The fraction of sp³-hybridized carbons (Fsp3) is 0.188. The number of benzene rings is 2. The molecule has 2 rings (SSSR count). The molecule has 0 fully saturated rings. The summed E-state index contributed by atoms with van der Waals surface area (Å²) < 4.78 is 16.1. The maximum Gasteiger partial charge on any atom is 0.138 e. The lowest BCUT2D eigenvalue weighted by molar-refractivity contribution is 0.217. The quantitative estimate of drug-likeness (QED) is 0.764. The van der Waals surface area contributed by atoms with Gasteiger partial charge in [-0.2, -0.15) is 5.26 Å². The van der Waals surface area contributed by atoms with E-state index < -0.39 is 0 Å². The minimum atomic E-state index is 0.359. The minimum Gasteiger partial charge on any atom is -0.497 e. The highest BCUT2D eigenvalue weighted by molar-refractivity contribution is 6.32. The van der Waals surface area contributed by atoms with Gasteiger partial charge in [-0.15, -0.1) is 0 Å². The summed E-state index contributed by atoms with van der Waals surface area (Å²) in [7, 11) is 1.62. The number of rotatable bonds is 6. The van der Waals surface area contributed by atoms with Crippen LogP contribution in [0.25, 0.3) is 0 Å². The first kappa shape index (κ1) is 15.0. The number of halogens is 1. The topological polar surface area (TPSA) is 51.5 Å². The second-order valence-corrected chi connectivity index (χ2v) is 4.54. The summed E-state index contributed by atoms with van der Waals surface area (Å²) in [6, 6.07) is 14.2. The third-order valence-electron chi connectivity index (χ3n) is 2.73. The molecular formula is C16H14ClNO3. The average Bonchev–Trinajstić information content (AvgIpc) is 2.53. The zero-order valence-electron chi connectivity index (χ0n) is 11.5. The Balaban J connectivity index is 1.80. The van der Waals surface area contributed by atoms with E-state index in [1.165, 1.54) is 0 Å². The Morgan fingerprint density at radius 3 is 2.29 bits per heavy atom. The average molecular weight is 304 g/mol. The molecule has 0 spiro atoms. The van der Waals surface area contributed by atoms with Gasteiger partial charge in [-0.1, -0.05) is 11.6 Å². The van der Waals surface area contributed by atoms with Crippen molar-refractivity contribution in [3.63, 3.8) is 0 Å². The van der Waals surface area contributed by atoms with Gasteiger partial charge >= 0.3 is 0 Å². The molecule has 21 heavy (non-hydrogen) atoms. The molecule has 2 aromatic carbocycles. The number of methoxy groups -OCH3 is 1. The van der Waals surface area contributed by atoms with Gasteiger partial charge in [0.2, 0.25) is 0 Å². The summed E-state index contributed by atoms with van der Waals surface area (Å²) in [5.41, 5.74) is 0.502. The maximum atomic E-state index is 8.75. The predicted octanol–water partition coefficient (Wildman–Crippen LogP) is 3.68. The largest absolute Gasteiger partial charge is 0.497 e. The summed E-state index contributed by atoms with van der Waals surface area (Å²) in [6.07, 6.45) is 0. The molecule has 4 nitrogen and oxygen atoms in total. The number of nitriles is 1. The van der Waals surface area contributed by atoms with Crippen LogP contribution < -0.4 is 14.2 Å². The van der Waals surface area contributed by atoms with Crippen LogP contribution in [0.15, 0.2) is 42.5 Å². The zero-order valence-corrected chi connectivity index (χ0v) is 12.3. The van der Waals surface area contributed by atoms with Crippen molar-refractivity contribution in [2.24, 2.45) is 0 Å². The fourth-order valence-electron chi connectivity index (χ4n) is 1.67. The highest BCUT2D eigenvalue weighted by Crippen LogP contribution is 2.25. The Kier molecular flexibility index (Phi) is 5.30. The number of nitrogens with zero attached hydrogens (tertiary/aromatic N) is 1. The Morgan fingerprint density at radius 2 is 1.67 bits per heavy atom. The Hall–Kier alpha value is -2.38. The molecular weight excluding hydrogens is 290 g/mol. The van der Waals surface area contributed by atoms with Crippen molar-refractivity contribution >= 4 is 11.6 Å². The van der Waals surface area contributed by atoms with Crippen molar-refractivity contribution in [2.75, 3.05) is 20.3 Å². The molecule has 0 N–H and O–H groups in total. The summed E-state index contributed by atoms with van der Waals surface area (Å²) >= 11 is 6.01. The van der Waals surface area contributed by atoms with Crippen molar-refractivity contribution in [3.8, 4) is 23.3 Å². The molecule has 0 saturated carbocycles. The van der Waals surface area contributed by atoms with Crippen LogP contribution in [0.4, 0.5) is 0 Å². The van der Waals surface area contributed by atoms with E-state index in [2.05, 4.69) is 0 Å². The van der Waals surface area contributed by atoms with E-state index in [0.717, 1.165) is 11.5 Å². The molecule has 108 valence electrons. The van der Waals surface area contributed by atoms with Crippen LogP contribution >= 0.6 is 11.6 Å². The van der Waals surface area contributed by atoms with E-state index in [-0.39, 0.29) is 0 Å². The van der Waals surface area contributed by atoms with E-state index in [1.807, 2.05) is 30.3 Å². The van der Waals surface area contributed by atoms with Crippen LogP contribution in [-0.4, -0.2) is 20.3 Å². The van der Waals surface area contributed by atoms with Crippen molar-refractivity contribution in [1.29, 1.82) is 5.26 Å². The summed E-state index contributed by atoms with van der Waals surface area (Å²) in [5, 5.41) is 9.17. The first-order valence-corrected chi connectivity index (χ1v) is 6.70. The van der Waals surface area contributed by atoms with Crippen molar-refractivity contribution in [1.82, 2.24) is 0 Å². The molecule has 0 aliphatic rings. The van der Waals surface area contributed by atoms with Crippen LogP contribution in [-0.2, 0) is 0 Å². The van der Waals surface area contributed by atoms with Crippen LogP contribution in [0, 0.1) is 11.3 Å². The van der Waals surface area contributed by atoms with Gasteiger partial charge in [-0.3, -0.25) is 0 Å². The molecule has 0 aliphatic carbocycles. The van der Waals surface area contributed by atoms with Gasteiger partial charge in [-0.25, -0.2) is 0 Å². The lowest BCUT2D eigenvalue weighted by atomic mass is 10.2. The lowest BCUT2D eigenvalue weighted by Crippen LogP contribution is -2.09. The Bertz CT molecular complexity index is 635. The summed E-state index contributed by atoms with van der Waals surface area (Å²) in [6.45, 7) is 0.750. The Labute approximate surface area is 128 Å². The third kappa shape index (κ3) is 4.30. The standard InChI is InChI=1S/C16H14ClNO3/c1-19-13-3-5-14(6-4-13)20-8-9-21-16-7-2-12(11-18)10-15(16)17/h2-7,10H,8-9H2,1H3. The summed E-state index contributed by atoms with van der Waals surface area (Å²) in [4.78, 5) is 0. The van der Waals surface area contributed by atoms with E-state index in [1.54, 1.807) is 25.3 Å². The van der Waals surface area contributed by atoms with E-state index >= 15 is 0 Å². The molecule has 0 bridgehead atoms. The minimum absolute atomic E-state index is 0.359. The first-order valence-electron chi connectivity index (χ1n) is 6.32. The van der Waals surface area contributed by atoms with Crippen LogP contribution in [0.3, 0.4) is 0 Å². The number of hydrogen-bond donors (Lipinski definition) is 0. The second-order valence-electron chi connectivity index (χ2n) is 4.13. The van der Waals surface area contributed by atoms with E-state index in [0.29, 0.717) is 29.5 Å². The van der Waals surface area contributed by atoms with Crippen molar-refractivity contribution in [3.05, 3.63) is 53.1 Å². The molecule has 5 heteroatoms. The molecule has 0 aliphatic heterocycles. The van der Waals surface area contributed by atoms with Crippen molar-refractivity contribution in [2.45, 2.75) is 0 Å². The predicted molar refractivity (Wildman–Crippen MR) is 80.2 cm³/mol. The smallest absolute Gasteiger partial charge is 0.138 e. The van der Waals surface area contributed by atoms with Gasteiger partial charge in [0.05, 0.1) is 23.8 Å². The molecule has 0 unspecified atom stereocenters. The van der Waals surface area contributed by atoms with Gasteiger partial charge in [-0.05, 0) is 42.5 Å². The number of ether oxygens (including phenoxy) is 3. The first-order chi connectivity index (χ1) is 10.2. The highest BCUT2D eigenvalue weighted by atomic mass is 35.5. The molecule has 0 amide bonds. The van der Waals surface area contributed by atoms with Crippen LogP contribution in [0.2, 0.25) is 5.02 Å². The number of hydrogen-bond acceptors (Lipinski definition) is 4. The molecule has 0 saturated heterocycles. The molecule has 2 aromatic rings. The fourth-order valence-corrected chi connectivity index (χ4v) is 1.91. The third-order valence-corrected chi connectivity index (χ3v) is 3.03. The van der Waals surface area contributed by atoms with Gasteiger partial charge in [0, 0.05) is 0 Å². The zero-order chi connectivity index (χ0) is 15.1. The molecule has 0 atom stereocenters. The Morgan fingerprint density at radius 1 is 1.00 bits per heavy atom. The van der Waals surface area contributed by atoms with Gasteiger partial charge in [0.25, 0.3) is 0 Å². The SMILES string of the molecule is COc1ccc(OCCOc2ccc(C#N)cc2Cl)cc1. The second kappa shape index (κ2) is 7.41. The van der Waals surface area contributed by atoms with E-state index in [9.17, 15) is 0 Å². The molecule has 0 radical (unpaired) electrons. The molecule has 0 heterocycles. The van der Waals surface area contributed by atoms with Crippen LogP contribution in [0.5, 0.6) is 17.2 Å². The summed E-state index contributed by atoms with van der Waals surface area (Å²) in [5.74, 6) is 2.06. The highest BCUT2D eigenvalue weighted by Gasteiger charge is 2.03. The maximum absolute atomic E-state index is 8.75. The van der Waals surface area contributed by atoms with Gasteiger partial charge < -0.3 is 14.2 Å². The normalized spacial score (nSPS) is 9.76. The van der Waals surface area contributed by atoms with Crippen LogP contribution in [0.1, 0.15) is 5.56 Å². The van der Waals surface area contributed by atoms with Crippen molar-refractivity contribution < 1.29 is 14.2 Å². The molecule has 0 aromatic heterocycles. The monoisotopic (exact) mass is 303 g/mol. The van der Waals surface area contributed by atoms with E-state index in [4.69, 9.17) is 31.1 Å². The van der Waals surface area contributed by atoms with Gasteiger partial charge in [0.1, 0.15) is 30.5 Å². The van der Waals surface area contributed by atoms with Gasteiger partial charge in [0.15, 0.2) is 0 Å².